The molecule has 0 spiro atoms. The van der Waals surface area contributed by atoms with Crippen LogP contribution in [0.4, 0.5) is 0 Å². The molecule has 0 bridgehead atoms. The number of carbonyl (C=O) groups is 1. The van der Waals surface area contributed by atoms with Gasteiger partial charge in [0.05, 0.1) is 18.2 Å². The van der Waals surface area contributed by atoms with Crippen LogP contribution in [0.1, 0.15) is 52.7 Å². The fourth-order valence-electron chi connectivity index (χ4n) is 3.53. The van der Waals surface area contributed by atoms with Gasteiger partial charge >= 0.3 is 0 Å². The van der Waals surface area contributed by atoms with Crippen LogP contribution in [0.5, 0.6) is 5.88 Å². The third-order valence-corrected chi connectivity index (χ3v) is 5.45. The summed E-state index contributed by atoms with van der Waals surface area (Å²) in [5.74, 6) is 1.31. The van der Waals surface area contributed by atoms with Crippen LogP contribution in [0, 0.1) is 6.92 Å². The minimum atomic E-state index is -0.265. The Bertz CT molecular complexity index is 1050. The van der Waals surface area contributed by atoms with Gasteiger partial charge in [-0.05, 0) is 44.4 Å². The Kier molecular flexibility index (Phi) is 5.33. The van der Waals surface area contributed by atoms with Gasteiger partial charge in [-0.25, -0.2) is 0 Å². The molecular weight excluding hydrogens is 398 g/mol. The van der Waals surface area contributed by atoms with Crippen LogP contribution in [-0.2, 0) is 11.3 Å². The lowest BCUT2D eigenvalue weighted by Crippen LogP contribution is -2.35. The van der Waals surface area contributed by atoms with E-state index in [0.29, 0.717) is 25.0 Å². The number of nitrogens with one attached hydrogen (secondary N) is 1. The predicted octanol–water partition coefficient (Wildman–Crippen LogP) is 2.81. The van der Waals surface area contributed by atoms with Gasteiger partial charge in [0.2, 0.25) is 5.88 Å². The summed E-state index contributed by atoms with van der Waals surface area (Å²) < 4.78 is 16.8. The summed E-state index contributed by atoms with van der Waals surface area (Å²) in [6, 6.07) is 7.19. The summed E-state index contributed by atoms with van der Waals surface area (Å²) in [6.07, 6.45) is 4.77. The lowest BCUT2D eigenvalue weighted by atomic mass is 10.1. The molecular formula is C22H23N5O4. The van der Waals surface area contributed by atoms with Crippen molar-refractivity contribution in [2.75, 3.05) is 13.2 Å². The summed E-state index contributed by atoms with van der Waals surface area (Å²) in [5, 5.41) is 15.2. The fraction of sp³-hybridized carbons (Fsp3) is 0.409. The van der Waals surface area contributed by atoms with E-state index in [0.717, 1.165) is 47.5 Å². The quantitative estimate of drug-likeness (QED) is 0.620. The van der Waals surface area contributed by atoms with Gasteiger partial charge < -0.3 is 19.3 Å². The number of amides is 1. The van der Waals surface area contributed by atoms with Crippen molar-refractivity contribution in [2.24, 2.45) is 0 Å². The average molecular weight is 421 g/mol. The highest BCUT2D eigenvalue weighted by Crippen LogP contribution is 2.44. The number of nitrogens with zero attached hydrogens (tertiary/aromatic N) is 4. The summed E-state index contributed by atoms with van der Waals surface area (Å²) in [7, 11) is 0. The van der Waals surface area contributed by atoms with Crippen LogP contribution in [0.15, 0.2) is 35.0 Å². The number of hydrogen-bond donors (Lipinski definition) is 1. The summed E-state index contributed by atoms with van der Waals surface area (Å²) in [5.41, 5.74) is 3.70. The van der Waals surface area contributed by atoms with Gasteiger partial charge in [-0.2, -0.15) is 0 Å². The maximum Gasteiger partial charge on any atom is 0.272 e. The Hall–Kier alpha value is -3.33. The highest BCUT2D eigenvalue weighted by atomic mass is 16.5. The van der Waals surface area contributed by atoms with E-state index in [4.69, 9.17) is 14.0 Å². The molecule has 3 aromatic rings. The number of aromatic nitrogens is 4. The molecule has 4 heterocycles. The third-order valence-electron chi connectivity index (χ3n) is 5.45. The van der Waals surface area contributed by atoms with Crippen molar-refractivity contribution < 1.29 is 18.8 Å². The predicted molar refractivity (Wildman–Crippen MR) is 110 cm³/mol. The van der Waals surface area contributed by atoms with E-state index in [9.17, 15) is 4.79 Å². The van der Waals surface area contributed by atoms with E-state index in [-0.39, 0.29) is 24.2 Å². The van der Waals surface area contributed by atoms with Gasteiger partial charge in [0, 0.05) is 36.0 Å². The van der Waals surface area contributed by atoms with Crippen LogP contribution < -0.4 is 10.1 Å². The van der Waals surface area contributed by atoms with Crippen molar-refractivity contribution in [1.29, 1.82) is 0 Å². The van der Waals surface area contributed by atoms with Crippen LogP contribution >= 0.6 is 0 Å². The Morgan fingerprint density at radius 1 is 1.19 bits per heavy atom. The molecule has 1 saturated heterocycles. The maximum atomic E-state index is 12.3. The van der Waals surface area contributed by atoms with E-state index >= 15 is 0 Å². The molecule has 1 saturated carbocycles. The summed E-state index contributed by atoms with van der Waals surface area (Å²) >= 11 is 0. The molecule has 1 aliphatic carbocycles. The van der Waals surface area contributed by atoms with Crippen molar-refractivity contribution in [3.8, 4) is 17.1 Å². The number of aryl methyl sites for hydroxylation is 1. The second-order valence-corrected chi connectivity index (χ2v) is 7.92. The van der Waals surface area contributed by atoms with Crippen LogP contribution in [0.3, 0.4) is 0 Å². The van der Waals surface area contributed by atoms with E-state index in [2.05, 4.69) is 25.7 Å². The Morgan fingerprint density at radius 3 is 2.77 bits per heavy atom. The van der Waals surface area contributed by atoms with Gasteiger partial charge in [0.1, 0.15) is 18.1 Å². The lowest BCUT2D eigenvalue weighted by Gasteiger charge is -2.10. The van der Waals surface area contributed by atoms with Crippen LogP contribution in [0.25, 0.3) is 11.3 Å². The monoisotopic (exact) mass is 421 g/mol. The zero-order chi connectivity index (χ0) is 21.2. The standard InChI is InChI=1S/C22H23N5O4/c1-13-2-3-15(10-23-13)20-17(21(31-27-20)14-4-5-14)12-30-19-7-6-18(25-26-19)22(28)24-16-8-9-29-11-16/h2-3,6-7,10,14,16H,4-5,8-9,11-12H2,1H3,(H,24,28)/t16-/m0/s1. The molecule has 0 unspecified atom stereocenters. The second-order valence-electron chi connectivity index (χ2n) is 7.92. The van der Waals surface area contributed by atoms with Crippen molar-refractivity contribution in [1.82, 2.24) is 25.7 Å². The van der Waals surface area contributed by atoms with Crippen LogP contribution in [0.2, 0.25) is 0 Å². The van der Waals surface area contributed by atoms with Crippen LogP contribution in [-0.4, -0.2) is 45.5 Å². The first-order chi connectivity index (χ1) is 15.2. The lowest BCUT2D eigenvalue weighted by molar-refractivity contribution is 0.0923. The first-order valence-electron chi connectivity index (χ1n) is 10.4. The molecule has 0 radical (unpaired) electrons. The van der Waals surface area contributed by atoms with Gasteiger partial charge in [-0.15, -0.1) is 10.2 Å². The molecule has 2 fully saturated rings. The maximum absolute atomic E-state index is 12.3. The first kappa shape index (κ1) is 19.6. The number of rotatable bonds is 7. The van der Waals surface area contributed by atoms with E-state index in [1.165, 1.54) is 0 Å². The Balaban J connectivity index is 1.29. The molecule has 9 heteroatoms. The van der Waals surface area contributed by atoms with E-state index < -0.39 is 0 Å². The molecule has 1 atom stereocenters. The van der Waals surface area contributed by atoms with Crippen molar-refractivity contribution in [2.45, 2.75) is 44.8 Å². The Morgan fingerprint density at radius 2 is 2.10 bits per heavy atom. The normalized spacial score (nSPS) is 18.2. The summed E-state index contributed by atoms with van der Waals surface area (Å²) in [6.45, 7) is 3.38. The molecule has 31 heavy (non-hydrogen) atoms. The molecule has 1 amide bonds. The highest BCUT2D eigenvalue weighted by molar-refractivity contribution is 5.92. The average Bonchev–Trinajstić information content (AvgIpc) is 3.34. The Labute approximate surface area is 179 Å². The van der Waals surface area contributed by atoms with Crippen molar-refractivity contribution >= 4 is 5.91 Å². The van der Waals surface area contributed by atoms with Gasteiger partial charge in [-0.3, -0.25) is 9.78 Å². The number of hydrogen-bond acceptors (Lipinski definition) is 8. The fourth-order valence-corrected chi connectivity index (χ4v) is 3.53. The van der Waals surface area contributed by atoms with Crippen molar-refractivity contribution in [3.05, 3.63) is 53.2 Å². The van der Waals surface area contributed by atoms with Gasteiger partial charge in [0.25, 0.3) is 5.91 Å². The SMILES string of the molecule is Cc1ccc(-c2noc(C3CC3)c2COc2ccc(C(=O)N[C@H]3CCOC3)nn2)cn1. The molecule has 5 rings (SSSR count). The zero-order valence-corrected chi connectivity index (χ0v) is 17.2. The molecule has 0 aromatic carbocycles. The molecule has 2 aliphatic rings. The van der Waals surface area contributed by atoms with Gasteiger partial charge in [-0.1, -0.05) is 5.16 Å². The van der Waals surface area contributed by atoms with Crippen molar-refractivity contribution in [3.63, 3.8) is 0 Å². The number of carbonyl (C=O) groups excluding carboxylic acids is 1. The molecule has 1 N–H and O–H groups in total. The first-order valence-corrected chi connectivity index (χ1v) is 10.4. The molecule has 160 valence electrons. The van der Waals surface area contributed by atoms with E-state index in [1.54, 1.807) is 18.3 Å². The van der Waals surface area contributed by atoms with E-state index in [1.807, 2.05) is 19.1 Å². The molecule has 1 aliphatic heterocycles. The van der Waals surface area contributed by atoms with Gasteiger partial charge in [0.15, 0.2) is 5.69 Å². The third kappa shape index (κ3) is 4.41. The number of ether oxygens (including phenoxy) is 2. The second kappa shape index (κ2) is 8.43. The largest absolute Gasteiger partial charge is 0.472 e. The summed E-state index contributed by atoms with van der Waals surface area (Å²) in [4.78, 5) is 16.6. The molecule has 9 nitrogen and oxygen atoms in total. The highest BCUT2D eigenvalue weighted by Gasteiger charge is 2.33. The zero-order valence-electron chi connectivity index (χ0n) is 17.2. The number of pyridine rings is 1. The topological polar surface area (TPSA) is 112 Å². The molecule has 3 aromatic heterocycles. The smallest absolute Gasteiger partial charge is 0.272 e. The minimum absolute atomic E-state index is 0.0225. The minimum Gasteiger partial charge on any atom is -0.472 e.